The van der Waals surface area contributed by atoms with E-state index in [0.29, 0.717) is 48.7 Å². The number of ether oxygens (including phenoxy) is 4. The van der Waals surface area contributed by atoms with E-state index in [4.69, 9.17) is 23.9 Å². The maximum Gasteiger partial charge on any atom is 0.416 e. The third kappa shape index (κ3) is 13.1. The fraction of sp³-hybridized carbons (Fsp3) is 0.564. The Bertz CT molecular complexity index is 2630. The van der Waals surface area contributed by atoms with Gasteiger partial charge in [-0.15, -0.1) is 0 Å². The van der Waals surface area contributed by atoms with Crippen LogP contribution >= 0.6 is 15.9 Å². The number of halogens is 7. The van der Waals surface area contributed by atoms with Crippen LogP contribution in [0.1, 0.15) is 129 Å². The second-order valence-corrected chi connectivity index (χ2v) is 21.1. The zero-order valence-electron chi connectivity index (χ0n) is 43.5. The number of rotatable bonds is 13. The summed E-state index contributed by atoms with van der Waals surface area (Å²) in [4.78, 5) is 45.8. The van der Waals surface area contributed by atoms with Gasteiger partial charge in [0, 0.05) is 86.5 Å². The number of alkyl halides is 6. The van der Waals surface area contributed by atoms with E-state index in [-0.39, 0.29) is 25.2 Å². The van der Waals surface area contributed by atoms with Gasteiger partial charge in [-0.3, -0.25) is 9.80 Å². The number of aryl methyl sites for hydroxylation is 2. The second-order valence-electron chi connectivity index (χ2n) is 20.2. The van der Waals surface area contributed by atoms with E-state index >= 15 is 0 Å². The van der Waals surface area contributed by atoms with Crippen molar-refractivity contribution in [1.29, 1.82) is 0 Å². The van der Waals surface area contributed by atoms with Crippen molar-refractivity contribution in [1.82, 2.24) is 19.8 Å². The van der Waals surface area contributed by atoms with Gasteiger partial charge >= 0.3 is 24.5 Å². The van der Waals surface area contributed by atoms with Crippen LogP contribution in [-0.2, 0) is 44.4 Å². The first-order valence-corrected chi connectivity index (χ1v) is 26.9. The van der Waals surface area contributed by atoms with Crippen molar-refractivity contribution in [3.63, 3.8) is 0 Å². The highest BCUT2D eigenvalue weighted by molar-refractivity contribution is 9.10. The van der Waals surface area contributed by atoms with Crippen molar-refractivity contribution in [3.8, 4) is 0 Å². The molecule has 0 spiro atoms. The first-order chi connectivity index (χ1) is 35.7. The van der Waals surface area contributed by atoms with Crippen molar-refractivity contribution < 1.29 is 54.9 Å². The van der Waals surface area contributed by atoms with E-state index in [1.807, 2.05) is 19.2 Å². The average Bonchev–Trinajstić information content (AvgIpc) is 3.83. The SMILES string of the molecule is CCN(c1ncc(Br)cc1CN1C(=O)O[C@H](c2cc(C)cc(C(F)(F)F)c2)[C@@H]1C)C1CCOCC1.CCN(c1ncc(N2CCCCC2)cc1CN1C(=O)O[C@H](c2cc(C)cc(C(F)(F)F)c2)[C@@H]1C)C1CCOCC1. The maximum atomic E-state index is 13.5. The van der Waals surface area contributed by atoms with Crippen molar-refractivity contribution in [2.45, 2.75) is 148 Å². The summed E-state index contributed by atoms with van der Waals surface area (Å²) in [6.45, 7) is 17.8. The summed E-state index contributed by atoms with van der Waals surface area (Å²) < 4.78 is 104. The lowest BCUT2D eigenvalue weighted by Gasteiger charge is -2.37. The molecule has 5 fully saturated rings. The minimum atomic E-state index is -4.48. The standard InChI is InChI=1S/C30H39F3N4O3.C25H29BrF3N3O3/c1-4-36(25-8-12-39-13-9-25)28-23(17-26(18-34-28)35-10-6-5-7-11-35)19-37-21(3)27(40-29(37)38)22-14-20(2)15-24(16-22)30(31,32)33;1-4-31(21-5-7-34-8-6-21)23-18(12-20(26)13-30-23)14-32-16(3)22(35-24(32)33)17-9-15(2)10-19(11-17)25(27,28)29/h14-18,21,25,27H,4-13,19H2,1-3H3;9-13,16,21-22H,4-8,14H2,1-3H3/t21-,27-;16-,22-/m00/s1. The average molecular weight is 1120 g/mol. The lowest BCUT2D eigenvalue weighted by Crippen LogP contribution is -2.41. The summed E-state index contributed by atoms with van der Waals surface area (Å²) in [6.07, 6.45) is -0.888. The Morgan fingerprint density at radius 3 is 1.47 bits per heavy atom. The molecule has 9 rings (SSSR count). The minimum Gasteiger partial charge on any atom is -0.439 e. The van der Waals surface area contributed by atoms with E-state index in [2.05, 4.69) is 55.5 Å². The Kier molecular flexibility index (Phi) is 17.8. The highest BCUT2D eigenvalue weighted by Crippen LogP contribution is 2.41. The van der Waals surface area contributed by atoms with E-state index < -0.39 is 60.0 Å². The van der Waals surface area contributed by atoms with Gasteiger partial charge in [0.15, 0.2) is 0 Å². The van der Waals surface area contributed by atoms with Crippen LogP contribution in [-0.4, -0.2) is 109 Å². The van der Waals surface area contributed by atoms with E-state index in [0.717, 1.165) is 122 Å². The number of aromatic nitrogens is 2. The number of cyclic esters (lactones) is 2. The highest BCUT2D eigenvalue weighted by atomic mass is 79.9. The van der Waals surface area contributed by atoms with Crippen LogP contribution in [0, 0.1) is 13.8 Å². The van der Waals surface area contributed by atoms with Crippen LogP contribution < -0.4 is 14.7 Å². The number of pyridine rings is 2. The molecule has 5 saturated heterocycles. The smallest absolute Gasteiger partial charge is 0.416 e. The normalized spacial score (nSPS) is 22.0. The van der Waals surface area contributed by atoms with Gasteiger partial charge in [0.05, 0.1) is 48.2 Å². The van der Waals surface area contributed by atoms with Gasteiger partial charge < -0.3 is 33.6 Å². The van der Waals surface area contributed by atoms with E-state index in [1.54, 1.807) is 48.9 Å². The molecule has 7 heterocycles. The number of benzene rings is 2. The van der Waals surface area contributed by atoms with E-state index in [9.17, 15) is 35.9 Å². The maximum absolute atomic E-state index is 13.5. The highest BCUT2D eigenvalue weighted by Gasteiger charge is 2.44. The quantitative estimate of drug-likeness (QED) is 0.119. The molecule has 4 atom stereocenters. The van der Waals surface area contributed by atoms with Crippen LogP contribution in [0.4, 0.5) is 53.3 Å². The second kappa shape index (κ2) is 23.9. The van der Waals surface area contributed by atoms with Crippen molar-refractivity contribution in [2.75, 3.05) is 67.3 Å². The minimum absolute atomic E-state index is 0.232. The van der Waals surface area contributed by atoms with Crippen LogP contribution in [0.15, 0.2) is 65.4 Å². The van der Waals surface area contributed by atoms with Gasteiger partial charge in [-0.1, -0.05) is 23.3 Å². The molecule has 0 radical (unpaired) electrons. The summed E-state index contributed by atoms with van der Waals surface area (Å²) in [7, 11) is 0. The molecule has 5 aliphatic rings. The molecule has 75 heavy (non-hydrogen) atoms. The van der Waals surface area contributed by atoms with Gasteiger partial charge in [0.2, 0.25) is 0 Å². The molecule has 4 aromatic rings. The molecular weight excluding hydrogens is 1050 g/mol. The lowest BCUT2D eigenvalue weighted by molar-refractivity contribution is -0.138. The Morgan fingerprint density at radius 1 is 0.613 bits per heavy atom. The molecule has 2 amide bonds. The summed E-state index contributed by atoms with van der Waals surface area (Å²) in [5.74, 6) is 1.63. The molecule has 0 aliphatic carbocycles. The first-order valence-electron chi connectivity index (χ1n) is 26.1. The number of hydrogen-bond donors (Lipinski definition) is 0. The fourth-order valence-electron chi connectivity index (χ4n) is 11.2. The predicted octanol–water partition coefficient (Wildman–Crippen LogP) is 12.7. The molecule has 5 aliphatic heterocycles. The van der Waals surface area contributed by atoms with Gasteiger partial charge in [0.25, 0.3) is 0 Å². The number of nitrogens with zero attached hydrogens (tertiary/aromatic N) is 7. The number of carbonyl (C=O) groups is 2. The predicted molar refractivity (Wildman–Crippen MR) is 277 cm³/mol. The molecule has 13 nitrogen and oxygen atoms in total. The third-order valence-electron chi connectivity index (χ3n) is 15.0. The zero-order valence-corrected chi connectivity index (χ0v) is 45.1. The summed E-state index contributed by atoms with van der Waals surface area (Å²) in [6, 6.07) is 11.4. The molecule has 0 unspecified atom stereocenters. The Morgan fingerprint density at radius 2 is 1.04 bits per heavy atom. The molecule has 0 bridgehead atoms. The largest absolute Gasteiger partial charge is 0.439 e. The third-order valence-corrected chi connectivity index (χ3v) is 15.5. The van der Waals surface area contributed by atoms with Crippen LogP contribution in [0.5, 0.6) is 0 Å². The molecule has 0 saturated carbocycles. The van der Waals surface area contributed by atoms with Crippen LogP contribution in [0.2, 0.25) is 0 Å². The zero-order chi connectivity index (χ0) is 53.8. The molecule has 0 N–H and O–H groups in total. The number of amides is 2. The summed E-state index contributed by atoms with van der Waals surface area (Å²) >= 11 is 3.48. The number of carbonyl (C=O) groups excluding carboxylic acids is 2. The van der Waals surface area contributed by atoms with E-state index in [1.165, 1.54) is 6.42 Å². The van der Waals surface area contributed by atoms with Crippen LogP contribution in [0.25, 0.3) is 0 Å². The molecule has 20 heteroatoms. The topological polar surface area (TPSA) is 113 Å². The van der Waals surface area contributed by atoms with Gasteiger partial charge in [-0.05, 0) is 150 Å². The summed E-state index contributed by atoms with van der Waals surface area (Å²) in [5.41, 5.74) is 2.94. The number of anilines is 3. The molecule has 2 aromatic carbocycles. The molecule has 2 aromatic heterocycles. The lowest BCUT2D eigenvalue weighted by atomic mass is 9.98. The summed E-state index contributed by atoms with van der Waals surface area (Å²) in [5, 5.41) is 0. The Balaban J connectivity index is 0.000000201. The Labute approximate surface area is 443 Å². The van der Waals surface area contributed by atoms with Gasteiger partial charge in [-0.2, -0.15) is 26.3 Å². The van der Waals surface area contributed by atoms with Crippen LogP contribution in [0.3, 0.4) is 0 Å². The van der Waals surface area contributed by atoms with Crippen molar-refractivity contribution >= 4 is 45.4 Å². The fourth-order valence-corrected chi connectivity index (χ4v) is 11.5. The number of piperidine rings is 1. The molecular formula is C55H68BrF6N7O6. The monoisotopic (exact) mass is 1120 g/mol. The number of hydrogen-bond acceptors (Lipinski definition) is 11. The van der Waals surface area contributed by atoms with Gasteiger partial charge in [-0.25, -0.2) is 19.6 Å². The van der Waals surface area contributed by atoms with Crippen molar-refractivity contribution in [3.05, 3.63) is 110 Å². The van der Waals surface area contributed by atoms with Crippen molar-refractivity contribution in [2.24, 2.45) is 0 Å². The first kappa shape index (κ1) is 55.9. The molecule has 408 valence electrons. The Hall–Kier alpha value is -5.34. The van der Waals surface area contributed by atoms with Gasteiger partial charge in [0.1, 0.15) is 23.8 Å².